The van der Waals surface area contributed by atoms with Gasteiger partial charge in [-0.2, -0.15) is 0 Å². The molecule has 1 unspecified atom stereocenters. The molecule has 0 aliphatic heterocycles. The van der Waals surface area contributed by atoms with E-state index in [1.54, 1.807) is 19.9 Å². The number of hydrogen-bond donors (Lipinski definition) is 2. The van der Waals surface area contributed by atoms with Crippen LogP contribution in [0.4, 0.5) is 8.78 Å². The van der Waals surface area contributed by atoms with E-state index in [2.05, 4.69) is 15.6 Å². The summed E-state index contributed by atoms with van der Waals surface area (Å²) >= 11 is 0. The van der Waals surface area contributed by atoms with Gasteiger partial charge in [0, 0.05) is 5.69 Å². The van der Waals surface area contributed by atoms with Crippen molar-refractivity contribution < 1.29 is 18.4 Å². The van der Waals surface area contributed by atoms with Crippen molar-refractivity contribution in [1.82, 2.24) is 15.6 Å². The number of nitrogens with zero attached hydrogens (tertiary/aromatic N) is 1. The molecule has 138 valence electrons. The average Bonchev–Trinajstić information content (AvgIpc) is 2.57. The molecular formula is C19H21F2N3O2. The van der Waals surface area contributed by atoms with Crippen LogP contribution in [0, 0.1) is 24.5 Å². The van der Waals surface area contributed by atoms with Crippen molar-refractivity contribution in [2.45, 2.75) is 33.4 Å². The third-order valence-electron chi connectivity index (χ3n) is 3.82. The van der Waals surface area contributed by atoms with Gasteiger partial charge in [-0.1, -0.05) is 26.0 Å². The predicted molar refractivity (Wildman–Crippen MR) is 93.3 cm³/mol. The van der Waals surface area contributed by atoms with Crippen molar-refractivity contribution in [2.24, 2.45) is 5.92 Å². The zero-order valence-corrected chi connectivity index (χ0v) is 14.8. The van der Waals surface area contributed by atoms with Gasteiger partial charge in [0.05, 0.1) is 12.2 Å². The summed E-state index contributed by atoms with van der Waals surface area (Å²) in [4.78, 5) is 29.0. The highest BCUT2D eigenvalue weighted by Crippen LogP contribution is 2.13. The molecule has 2 amide bonds. The van der Waals surface area contributed by atoms with Crippen LogP contribution in [-0.4, -0.2) is 22.8 Å². The first-order valence-corrected chi connectivity index (χ1v) is 8.24. The first-order valence-electron chi connectivity index (χ1n) is 8.24. The minimum absolute atomic E-state index is 0.188. The number of rotatable bonds is 6. The van der Waals surface area contributed by atoms with Crippen molar-refractivity contribution in [1.29, 1.82) is 0 Å². The molecule has 1 aromatic heterocycles. The summed E-state index contributed by atoms with van der Waals surface area (Å²) in [6.45, 7) is 5.49. The molecule has 0 aliphatic rings. The van der Waals surface area contributed by atoms with Gasteiger partial charge in [-0.15, -0.1) is 0 Å². The van der Waals surface area contributed by atoms with E-state index in [4.69, 9.17) is 0 Å². The SMILES string of the molecule is Cc1cccc(CNC(=O)C(NC(=O)c2c(F)cccc2F)C(C)C)n1. The second-order valence-corrected chi connectivity index (χ2v) is 6.28. The van der Waals surface area contributed by atoms with E-state index < -0.39 is 35.1 Å². The van der Waals surface area contributed by atoms with Crippen molar-refractivity contribution in [3.05, 3.63) is 65.0 Å². The van der Waals surface area contributed by atoms with Crippen LogP contribution in [0.15, 0.2) is 36.4 Å². The maximum atomic E-state index is 13.8. The Kier molecular flexibility index (Phi) is 6.38. The molecule has 0 saturated heterocycles. The molecular weight excluding hydrogens is 340 g/mol. The highest BCUT2D eigenvalue weighted by Gasteiger charge is 2.27. The van der Waals surface area contributed by atoms with Crippen molar-refractivity contribution in [3.8, 4) is 0 Å². The Balaban J connectivity index is 2.08. The lowest BCUT2D eigenvalue weighted by Crippen LogP contribution is -2.49. The third kappa shape index (κ3) is 4.84. The monoisotopic (exact) mass is 361 g/mol. The smallest absolute Gasteiger partial charge is 0.257 e. The van der Waals surface area contributed by atoms with Crippen LogP contribution in [0.1, 0.15) is 35.6 Å². The quantitative estimate of drug-likeness (QED) is 0.831. The van der Waals surface area contributed by atoms with Crippen molar-refractivity contribution >= 4 is 11.8 Å². The molecule has 7 heteroatoms. The summed E-state index contributed by atoms with van der Waals surface area (Å²) in [5, 5.41) is 5.10. The number of benzene rings is 1. The number of hydrogen-bond acceptors (Lipinski definition) is 3. The van der Waals surface area contributed by atoms with Gasteiger partial charge in [0.1, 0.15) is 23.2 Å². The van der Waals surface area contributed by atoms with E-state index in [0.29, 0.717) is 5.69 Å². The first-order chi connectivity index (χ1) is 12.3. The Labute approximate surface area is 150 Å². The van der Waals surface area contributed by atoms with E-state index in [1.807, 2.05) is 19.1 Å². The number of pyridine rings is 1. The Morgan fingerprint density at radius 3 is 2.27 bits per heavy atom. The van der Waals surface area contributed by atoms with Gasteiger partial charge in [0.25, 0.3) is 5.91 Å². The second kappa shape index (κ2) is 8.51. The molecule has 5 nitrogen and oxygen atoms in total. The number of halogens is 2. The second-order valence-electron chi connectivity index (χ2n) is 6.28. The lowest BCUT2D eigenvalue weighted by Gasteiger charge is -2.22. The first kappa shape index (κ1) is 19.5. The molecule has 0 aliphatic carbocycles. The molecule has 0 spiro atoms. The predicted octanol–water partition coefficient (Wildman–Crippen LogP) is 2.74. The maximum absolute atomic E-state index is 13.8. The van der Waals surface area contributed by atoms with Crippen LogP contribution in [0.2, 0.25) is 0 Å². The molecule has 0 fully saturated rings. The number of nitrogens with one attached hydrogen (secondary N) is 2. The fourth-order valence-corrected chi connectivity index (χ4v) is 2.45. The minimum Gasteiger partial charge on any atom is -0.349 e. The van der Waals surface area contributed by atoms with Crippen LogP contribution in [0.5, 0.6) is 0 Å². The van der Waals surface area contributed by atoms with E-state index >= 15 is 0 Å². The minimum atomic E-state index is -0.977. The average molecular weight is 361 g/mol. The summed E-state index contributed by atoms with van der Waals surface area (Å²) in [5.74, 6) is -3.65. The Morgan fingerprint density at radius 2 is 1.69 bits per heavy atom. The molecule has 2 aromatic rings. The van der Waals surface area contributed by atoms with Crippen LogP contribution in [0.25, 0.3) is 0 Å². The number of carbonyl (C=O) groups is 2. The van der Waals surface area contributed by atoms with Crippen LogP contribution in [0.3, 0.4) is 0 Å². The van der Waals surface area contributed by atoms with Crippen LogP contribution < -0.4 is 10.6 Å². The van der Waals surface area contributed by atoms with Crippen molar-refractivity contribution in [2.75, 3.05) is 0 Å². The summed E-state index contributed by atoms with van der Waals surface area (Å²) < 4.78 is 27.5. The number of aryl methyl sites for hydroxylation is 1. The van der Waals surface area contributed by atoms with Gasteiger partial charge in [-0.3, -0.25) is 14.6 Å². The van der Waals surface area contributed by atoms with E-state index in [-0.39, 0.29) is 12.5 Å². The third-order valence-corrected chi connectivity index (χ3v) is 3.82. The standard InChI is InChI=1S/C19H21F2N3O2/c1-11(2)17(19(26)22-10-13-7-4-6-12(3)23-13)24-18(25)16-14(20)8-5-9-15(16)21/h4-9,11,17H,10H2,1-3H3,(H,22,26)(H,24,25). The van der Waals surface area contributed by atoms with Crippen LogP contribution >= 0.6 is 0 Å². The molecule has 2 N–H and O–H groups in total. The van der Waals surface area contributed by atoms with Gasteiger partial charge >= 0.3 is 0 Å². The zero-order valence-electron chi connectivity index (χ0n) is 14.8. The maximum Gasteiger partial charge on any atom is 0.257 e. The van der Waals surface area contributed by atoms with Crippen molar-refractivity contribution in [3.63, 3.8) is 0 Å². The molecule has 1 atom stereocenters. The Morgan fingerprint density at radius 1 is 1.08 bits per heavy atom. The lowest BCUT2D eigenvalue weighted by molar-refractivity contribution is -0.124. The highest BCUT2D eigenvalue weighted by molar-refractivity contribution is 5.98. The number of carbonyl (C=O) groups excluding carboxylic acids is 2. The Bertz CT molecular complexity index is 789. The fourth-order valence-electron chi connectivity index (χ4n) is 2.45. The summed E-state index contributed by atoms with van der Waals surface area (Å²) in [5.41, 5.74) is 0.791. The topological polar surface area (TPSA) is 71.1 Å². The lowest BCUT2D eigenvalue weighted by atomic mass is 10.0. The summed E-state index contributed by atoms with van der Waals surface area (Å²) in [7, 11) is 0. The van der Waals surface area contributed by atoms with Gasteiger partial charge in [-0.25, -0.2) is 8.78 Å². The molecule has 0 bridgehead atoms. The van der Waals surface area contributed by atoms with E-state index in [9.17, 15) is 18.4 Å². The van der Waals surface area contributed by atoms with E-state index in [0.717, 1.165) is 17.8 Å². The normalized spacial score (nSPS) is 11.9. The van der Waals surface area contributed by atoms with E-state index in [1.165, 1.54) is 6.07 Å². The molecule has 2 rings (SSSR count). The fraction of sp³-hybridized carbons (Fsp3) is 0.316. The summed E-state index contributed by atoms with van der Waals surface area (Å²) in [6.07, 6.45) is 0. The van der Waals surface area contributed by atoms with Crippen LogP contribution in [-0.2, 0) is 11.3 Å². The van der Waals surface area contributed by atoms with Gasteiger partial charge in [0.15, 0.2) is 0 Å². The van der Waals surface area contributed by atoms with Gasteiger partial charge < -0.3 is 10.6 Å². The van der Waals surface area contributed by atoms with Gasteiger partial charge in [-0.05, 0) is 37.1 Å². The largest absolute Gasteiger partial charge is 0.349 e. The zero-order chi connectivity index (χ0) is 19.3. The molecule has 26 heavy (non-hydrogen) atoms. The molecule has 0 saturated carbocycles. The number of amides is 2. The number of aromatic nitrogens is 1. The van der Waals surface area contributed by atoms with Gasteiger partial charge in [0.2, 0.25) is 5.91 Å². The molecule has 1 heterocycles. The summed E-state index contributed by atoms with van der Waals surface area (Å²) in [6, 6.07) is 7.65. The molecule has 0 radical (unpaired) electrons. The highest BCUT2D eigenvalue weighted by atomic mass is 19.1. The Hall–Kier alpha value is -2.83. The molecule has 1 aromatic carbocycles.